The predicted molar refractivity (Wildman–Crippen MR) is 38.7 cm³/mol. The van der Waals surface area contributed by atoms with Gasteiger partial charge in [-0.15, -0.1) is 0 Å². The number of hydrogen-bond acceptors (Lipinski definition) is 6. The van der Waals surface area contributed by atoms with Crippen LogP contribution in [0.4, 0.5) is 0 Å². The minimum absolute atomic E-state index is 0.708. The van der Waals surface area contributed by atoms with Crippen LogP contribution in [0.15, 0.2) is 0 Å². The van der Waals surface area contributed by atoms with Crippen molar-refractivity contribution in [1.29, 1.82) is 0 Å². The zero-order chi connectivity index (χ0) is 9.78. The molecule has 2 atom stereocenters. The summed E-state index contributed by atoms with van der Waals surface area (Å²) < 4.78 is 19.1. The summed E-state index contributed by atoms with van der Waals surface area (Å²) in [6, 6.07) is 0. The fraction of sp³-hybridized carbons (Fsp3) is 1.00. The molecule has 0 heterocycles. The molecule has 8 heteroatoms. The van der Waals surface area contributed by atoms with E-state index in [0.29, 0.717) is 0 Å². The zero-order valence-corrected chi connectivity index (χ0v) is 7.35. The molecule has 2 unspecified atom stereocenters. The summed E-state index contributed by atoms with van der Waals surface area (Å²) in [4.78, 5) is 8.74. The third kappa shape index (κ3) is 6.68. The van der Waals surface area contributed by atoms with E-state index in [1.54, 1.807) is 0 Å². The highest BCUT2D eigenvalue weighted by Crippen LogP contribution is 2.43. The third-order valence-corrected chi connectivity index (χ3v) is 1.76. The monoisotopic (exact) mass is 201 g/mol. The molecule has 0 amide bonds. The van der Waals surface area contributed by atoms with Gasteiger partial charge in [-0.2, -0.15) is 0 Å². The van der Waals surface area contributed by atoms with E-state index >= 15 is 0 Å². The van der Waals surface area contributed by atoms with Crippen LogP contribution in [0.2, 0.25) is 0 Å². The minimum Gasteiger partial charge on any atom is -0.366 e. The maximum Gasteiger partial charge on any atom is 0.473 e. The summed E-state index contributed by atoms with van der Waals surface area (Å²) in [6.07, 6.45) is -2.78. The summed E-state index contributed by atoms with van der Waals surface area (Å²) in [7, 11) is -4.25. The Hall–Kier alpha value is -0.0100. The number of aliphatic hydroxyl groups is 2. The van der Waals surface area contributed by atoms with Crippen molar-refractivity contribution in [2.45, 2.75) is 19.4 Å². The van der Waals surface area contributed by atoms with E-state index < -0.39 is 26.9 Å². The molecular formula is C4H12NO6P. The van der Waals surface area contributed by atoms with Crippen molar-refractivity contribution in [3.8, 4) is 0 Å². The fourth-order valence-electron chi connectivity index (χ4n) is 0.401. The Morgan fingerprint density at radius 1 is 1.58 bits per heavy atom. The van der Waals surface area contributed by atoms with Crippen LogP contribution in [0.1, 0.15) is 6.92 Å². The van der Waals surface area contributed by atoms with Crippen LogP contribution in [-0.4, -0.2) is 34.2 Å². The van der Waals surface area contributed by atoms with Crippen LogP contribution in [0, 0.1) is 0 Å². The average molecular weight is 201 g/mol. The van der Waals surface area contributed by atoms with Gasteiger partial charge in [-0.1, -0.05) is 0 Å². The number of phosphoric ester groups is 1. The van der Waals surface area contributed by atoms with Gasteiger partial charge in [-0.25, -0.2) is 4.57 Å². The lowest BCUT2D eigenvalue weighted by Crippen LogP contribution is -2.20. The highest BCUT2D eigenvalue weighted by Gasteiger charge is 2.23. The average Bonchev–Trinajstić information content (AvgIpc) is 1.81. The quantitative estimate of drug-likeness (QED) is 0.323. The van der Waals surface area contributed by atoms with Gasteiger partial charge in [-0.3, -0.25) is 9.05 Å². The molecular weight excluding hydrogens is 189 g/mol. The smallest absolute Gasteiger partial charge is 0.366 e. The number of rotatable bonds is 5. The topological polar surface area (TPSA) is 122 Å². The van der Waals surface area contributed by atoms with Crippen LogP contribution in [0.3, 0.4) is 0 Å². The molecule has 0 fully saturated rings. The first-order valence-corrected chi connectivity index (χ1v) is 4.60. The first-order valence-electron chi connectivity index (χ1n) is 3.11. The maximum atomic E-state index is 10.7. The molecule has 5 N–H and O–H groups in total. The van der Waals surface area contributed by atoms with Crippen molar-refractivity contribution in [1.82, 2.24) is 0 Å². The van der Waals surface area contributed by atoms with Crippen LogP contribution >= 0.6 is 7.82 Å². The molecule has 74 valence electrons. The van der Waals surface area contributed by atoms with Gasteiger partial charge in [0.2, 0.25) is 0 Å². The third-order valence-electron chi connectivity index (χ3n) is 0.686. The molecule has 0 radical (unpaired) electrons. The molecule has 0 spiro atoms. The number of hydrogen-bond donors (Lipinski definition) is 4. The fourth-order valence-corrected chi connectivity index (χ4v) is 1.20. The standard InChI is InChI=1S/C4H12NO6P/c1-3(5)11-12(8,9)10-2-4(6)7/h3-4,6-7H,2,5H2,1H3,(H,8,9). The zero-order valence-electron chi connectivity index (χ0n) is 6.45. The lowest BCUT2D eigenvalue weighted by atomic mass is 10.7. The molecule has 0 aliphatic heterocycles. The summed E-state index contributed by atoms with van der Waals surface area (Å²) in [5, 5.41) is 16.5. The Kier molecular flexibility index (Phi) is 4.88. The number of phosphoric acid groups is 1. The Bertz CT molecular complexity index is 171. The molecule has 0 aromatic carbocycles. The lowest BCUT2D eigenvalue weighted by molar-refractivity contribution is -0.0756. The molecule has 7 nitrogen and oxygen atoms in total. The molecule has 0 saturated carbocycles. The molecule has 0 aromatic rings. The molecule has 0 rings (SSSR count). The van der Waals surface area contributed by atoms with Crippen molar-refractivity contribution in [2.24, 2.45) is 5.73 Å². The van der Waals surface area contributed by atoms with Crippen LogP contribution in [-0.2, 0) is 13.6 Å². The van der Waals surface area contributed by atoms with E-state index in [2.05, 4.69) is 9.05 Å². The van der Waals surface area contributed by atoms with Crippen molar-refractivity contribution in [3.63, 3.8) is 0 Å². The van der Waals surface area contributed by atoms with E-state index in [-0.39, 0.29) is 0 Å². The van der Waals surface area contributed by atoms with E-state index in [1.165, 1.54) is 6.92 Å². The lowest BCUT2D eigenvalue weighted by Gasteiger charge is -2.14. The molecule has 0 aromatic heterocycles. The second-order valence-electron chi connectivity index (χ2n) is 2.06. The maximum absolute atomic E-state index is 10.7. The predicted octanol–water partition coefficient (Wildman–Crippen LogP) is -1.26. The number of nitrogens with two attached hydrogens (primary N) is 1. The van der Waals surface area contributed by atoms with Gasteiger partial charge >= 0.3 is 7.82 Å². The Morgan fingerprint density at radius 2 is 2.08 bits per heavy atom. The Morgan fingerprint density at radius 3 is 2.42 bits per heavy atom. The van der Waals surface area contributed by atoms with Gasteiger partial charge in [0.25, 0.3) is 0 Å². The summed E-state index contributed by atoms with van der Waals surface area (Å²) in [5.41, 5.74) is 5.03. The Labute approximate surface area is 69.3 Å². The number of aliphatic hydroxyl groups excluding tert-OH is 1. The normalized spacial score (nSPS) is 19.2. The summed E-state index contributed by atoms with van der Waals surface area (Å²) in [6.45, 7) is 0.627. The molecule has 0 saturated heterocycles. The van der Waals surface area contributed by atoms with E-state index in [4.69, 9.17) is 20.8 Å². The highest BCUT2D eigenvalue weighted by atomic mass is 31.2. The second kappa shape index (κ2) is 4.88. The van der Waals surface area contributed by atoms with Crippen LogP contribution < -0.4 is 5.73 Å². The summed E-state index contributed by atoms with van der Waals surface area (Å²) in [5.74, 6) is 0. The molecule has 0 bridgehead atoms. The van der Waals surface area contributed by atoms with Gasteiger partial charge in [0, 0.05) is 0 Å². The van der Waals surface area contributed by atoms with E-state index in [0.717, 1.165) is 0 Å². The van der Waals surface area contributed by atoms with Crippen molar-refractivity contribution >= 4 is 7.82 Å². The van der Waals surface area contributed by atoms with Gasteiger partial charge in [0.15, 0.2) is 6.29 Å². The largest absolute Gasteiger partial charge is 0.473 e. The molecule has 0 aliphatic rings. The van der Waals surface area contributed by atoms with Gasteiger partial charge in [0.1, 0.15) is 12.8 Å². The van der Waals surface area contributed by atoms with Crippen molar-refractivity contribution < 1.29 is 28.7 Å². The first kappa shape index (κ1) is 12.0. The Balaban J connectivity index is 3.80. The van der Waals surface area contributed by atoms with Gasteiger partial charge in [-0.05, 0) is 6.92 Å². The molecule has 12 heavy (non-hydrogen) atoms. The van der Waals surface area contributed by atoms with Crippen LogP contribution in [0.25, 0.3) is 0 Å². The SMILES string of the molecule is CC(N)OP(=O)(O)OCC(O)O. The second-order valence-corrected chi connectivity index (χ2v) is 3.46. The van der Waals surface area contributed by atoms with Crippen molar-refractivity contribution in [2.75, 3.05) is 6.61 Å². The van der Waals surface area contributed by atoms with E-state index in [1.807, 2.05) is 0 Å². The van der Waals surface area contributed by atoms with E-state index in [9.17, 15) is 4.57 Å². The summed E-state index contributed by atoms with van der Waals surface area (Å²) >= 11 is 0. The van der Waals surface area contributed by atoms with Gasteiger partial charge < -0.3 is 20.8 Å². The minimum atomic E-state index is -4.25. The molecule has 0 aliphatic carbocycles. The van der Waals surface area contributed by atoms with Crippen LogP contribution in [0.5, 0.6) is 0 Å². The van der Waals surface area contributed by atoms with Gasteiger partial charge in [0.05, 0.1) is 0 Å². The highest BCUT2D eigenvalue weighted by molar-refractivity contribution is 7.47. The van der Waals surface area contributed by atoms with Crippen molar-refractivity contribution in [3.05, 3.63) is 0 Å². The first-order chi connectivity index (χ1) is 5.33.